The molecule has 0 saturated carbocycles. The van der Waals surface area contributed by atoms with E-state index in [-0.39, 0.29) is 0 Å². The van der Waals surface area contributed by atoms with Crippen LogP contribution in [-0.2, 0) is 9.53 Å². The van der Waals surface area contributed by atoms with Crippen molar-refractivity contribution in [3.63, 3.8) is 0 Å². The maximum Gasteiger partial charge on any atom is 0.313 e. The predicted molar refractivity (Wildman–Crippen MR) is 64.9 cm³/mol. The first-order valence-corrected chi connectivity index (χ1v) is 6.59. The van der Waals surface area contributed by atoms with Gasteiger partial charge in [0, 0.05) is 25.7 Å². The molecule has 2 aliphatic heterocycles. The lowest BCUT2D eigenvalue weighted by atomic mass is 9.84. The molecule has 0 amide bonds. The zero-order valence-corrected chi connectivity index (χ0v) is 10.8. The van der Waals surface area contributed by atoms with Crippen LogP contribution >= 0.6 is 0 Å². The molecule has 2 saturated heterocycles. The molecule has 17 heavy (non-hydrogen) atoms. The second kappa shape index (κ2) is 4.94. The van der Waals surface area contributed by atoms with Crippen molar-refractivity contribution in [1.82, 2.24) is 4.90 Å². The molecule has 2 aliphatic rings. The standard InChI is InChI=1S/C13H23NO3/c1-10-3-4-11(2)14(7-10)8-13(12(15)16)5-6-17-9-13/h10-11H,3-9H2,1-2H3,(H,15,16). The molecule has 0 bridgehead atoms. The zero-order valence-electron chi connectivity index (χ0n) is 10.8. The van der Waals surface area contributed by atoms with Crippen molar-refractivity contribution in [2.45, 2.75) is 39.2 Å². The van der Waals surface area contributed by atoms with Crippen LogP contribution in [0.5, 0.6) is 0 Å². The number of nitrogens with zero attached hydrogens (tertiary/aromatic N) is 1. The van der Waals surface area contributed by atoms with E-state index in [1.54, 1.807) is 0 Å². The number of aliphatic carboxylic acids is 1. The lowest BCUT2D eigenvalue weighted by molar-refractivity contribution is -0.151. The summed E-state index contributed by atoms with van der Waals surface area (Å²) in [6, 6.07) is 0.503. The summed E-state index contributed by atoms with van der Waals surface area (Å²) < 4.78 is 5.32. The predicted octanol–water partition coefficient (Wildman–Crippen LogP) is 1.60. The molecule has 4 heteroatoms. The van der Waals surface area contributed by atoms with E-state index in [0.29, 0.717) is 38.1 Å². The van der Waals surface area contributed by atoms with Crippen LogP contribution in [0.25, 0.3) is 0 Å². The van der Waals surface area contributed by atoms with Crippen LogP contribution in [0.15, 0.2) is 0 Å². The van der Waals surface area contributed by atoms with Gasteiger partial charge < -0.3 is 9.84 Å². The highest BCUT2D eigenvalue weighted by Crippen LogP contribution is 2.33. The lowest BCUT2D eigenvalue weighted by Crippen LogP contribution is -2.50. The normalized spacial score (nSPS) is 39.4. The summed E-state index contributed by atoms with van der Waals surface area (Å²) in [5.41, 5.74) is -0.661. The SMILES string of the molecule is CC1CCC(C)N(CC2(C(=O)O)CCOC2)C1. The van der Waals surface area contributed by atoms with Crippen molar-refractivity contribution in [2.75, 3.05) is 26.3 Å². The van der Waals surface area contributed by atoms with Gasteiger partial charge in [0.05, 0.1) is 6.61 Å². The average molecular weight is 241 g/mol. The number of rotatable bonds is 3. The van der Waals surface area contributed by atoms with Crippen LogP contribution in [0.2, 0.25) is 0 Å². The largest absolute Gasteiger partial charge is 0.481 e. The second-order valence-electron chi connectivity index (χ2n) is 5.85. The molecule has 4 nitrogen and oxygen atoms in total. The number of hydrogen-bond donors (Lipinski definition) is 1. The van der Waals surface area contributed by atoms with Crippen LogP contribution < -0.4 is 0 Å². The smallest absolute Gasteiger partial charge is 0.313 e. The zero-order chi connectivity index (χ0) is 12.5. The van der Waals surface area contributed by atoms with Crippen LogP contribution in [-0.4, -0.2) is 48.3 Å². The van der Waals surface area contributed by atoms with Crippen molar-refractivity contribution in [3.05, 3.63) is 0 Å². The van der Waals surface area contributed by atoms with Gasteiger partial charge in [0.1, 0.15) is 5.41 Å². The summed E-state index contributed by atoms with van der Waals surface area (Å²) in [4.78, 5) is 13.8. The van der Waals surface area contributed by atoms with E-state index in [1.165, 1.54) is 12.8 Å². The minimum atomic E-state index is -0.694. The lowest BCUT2D eigenvalue weighted by Gasteiger charge is -2.40. The van der Waals surface area contributed by atoms with Gasteiger partial charge in [-0.1, -0.05) is 6.92 Å². The number of likely N-dealkylation sites (tertiary alicyclic amines) is 1. The highest BCUT2D eigenvalue weighted by atomic mass is 16.5. The van der Waals surface area contributed by atoms with Crippen LogP contribution in [0.3, 0.4) is 0 Å². The van der Waals surface area contributed by atoms with E-state index in [2.05, 4.69) is 18.7 Å². The Morgan fingerprint density at radius 2 is 2.24 bits per heavy atom. The van der Waals surface area contributed by atoms with Crippen molar-refractivity contribution in [2.24, 2.45) is 11.3 Å². The molecule has 3 atom stereocenters. The van der Waals surface area contributed by atoms with Crippen molar-refractivity contribution in [3.8, 4) is 0 Å². The molecule has 98 valence electrons. The van der Waals surface area contributed by atoms with Gasteiger partial charge in [-0.2, -0.15) is 0 Å². The minimum Gasteiger partial charge on any atom is -0.481 e. The van der Waals surface area contributed by atoms with Gasteiger partial charge in [0.2, 0.25) is 0 Å². The van der Waals surface area contributed by atoms with Crippen LogP contribution in [0, 0.1) is 11.3 Å². The van der Waals surface area contributed by atoms with E-state index >= 15 is 0 Å². The molecular weight excluding hydrogens is 218 g/mol. The Morgan fingerprint density at radius 1 is 1.47 bits per heavy atom. The number of piperidine rings is 1. The van der Waals surface area contributed by atoms with Gasteiger partial charge in [0.15, 0.2) is 0 Å². The van der Waals surface area contributed by atoms with Crippen LogP contribution in [0.4, 0.5) is 0 Å². The fourth-order valence-corrected chi connectivity index (χ4v) is 2.96. The highest BCUT2D eigenvalue weighted by Gasteiger charge is 2.45. The molecule has 0 aromatic heterocycles. The summed E-state index contributed by atoms with van der Waals surface area (Å²) >= 11 is 0. The number of carboxylic acids is 1. The maximum atomic E-state index is 11.5. The van der Waals surface area contributed by atoms with E-state index in [4.69, 9.17) is 4.74 Å². The Balaban J connectivity index is 2.04. The fraction of sp³-hybridized carbons (Fsp3) is 0.923. The van der Waals surface area contributed by atoms with Gasteiger partial charge in [-0.25, -0.2) is 0 Å². The third kappa shape index (κ3) is 2.63. The quantitative estimate of drug-likeness (QED) is 0.815. The Hall–Kier alpha value is -0.610. The highest BCUT2D eigenvalue weighted by molar-refractivity contribution is 5.75. The summed E-state index contributed by atoms with van der Waals surface area (Å²) in [7, 11) is 0. The minimum absolute atomic E-state index is 0.375. The van der Waals surface area contributed by atoms with E-state index < -0.39 is 11.4 Å². The molecule has 2 rings (SSSR count). The van der Waals surface area contributed by atoms with Crippen LogP contribution in [0.1, 0.15) is 33.1 Å². The Labute approximate surface area is 103 Å². The molecule has 0 aromatic carbocycles. The molecule has 0 aliphatic carbocycles. The summed E-state index contributed by atoms with van der Waals surface area (Å²) in [6.07, 6.45) is 3.09. The molecular formula is C13H23NO3. The first-order valence-electron chi connectivity index (χ1n) is 6.59. The average Bonchev–Trinajstić information content (AvgIpc) is 2.73. The number of ether oxygens (including phenoxy) is 1. The molecule has 2 fully saturated rings. The van der Waals surface area contributed by atoms with E-state index in [9.17, 15) is 9.90 Å². The first-order chi connectivity index (χ1) is 8.03. The van der Waals surface area contributed by atoms with Gasteiger partial charge in [-0.3, -0.25) is 9.69 Å². The molecule has 0 aromatic rings. The molecule has 0 radical (unpaired) electrons. The van der Waals surface area contributed by atoms with Crippen molar-refractivity contribution >= 4 is 5.97 Å². The van der Waals surface area contributed by atoms with Crippen molar-refractivity contribution < 1.29 is 14.6 Å². The third-order valence-electron chi connectivity index (χ3n) is 4.31. The Bertz CT molecular complexity index is 286. The summed E-state index contributed by atoms with van der Waals surface area (Å²) in [5, 5.41) is 9.44. The first kappa shape index (κ1) is 12.8. The van der Waals surface area contributed by atoms with Gasteiger partial charge in [-0.05, 0) is 32.1 Å². The monoisotopic (exact) mass is 241 g/mol. The number of carboxylic acid groups (broad SMARTS) is 1. The van der Waals surface area contributed by atoms with E-state index in [1.807, 2.05) is 0 Å². The molecule has 3 unspecified atom stereocenters. The Morgan fingerprint density at radius 3 is 2.82 bits per heavy atom. The molecule has 0 spiro atoms. The van der Waals surface area contributed by atoms with Gasteiger partial charge in [0.25, 0.3) is 0 Å². The number of hydrogen-bond acceptors (Lipinski definition) is 3. The fourth-order valence-electron chi connectivity index (χ4n) is 2.96. The maximum absolute atomic E-state index is 11.5. The van der Waals surface area contributed by atoms with Gasteiger partial charge >= 0.3 is 5.97 Å². The topological polar surface area (TPSA) is 49.8 Å². The van der Waals surface area contributed by atoms with E-state index in [0.717, 1.165) is 6.54 Å². The summed E-state index contributed by atoms with van der Waals surface area (Å²) in [6.45, 7) is 7.09. The van der Waals surface area contributed by atoms with Gasteiger partial charge in [-0.15, -0.1) is 0 Å². The summed E-state index contributed by atoms with van der Waals surface area (Å²) in [5.74, 6) is -0.0141. The Kier molecular flexibility index (Phi) is 3.73. The number of carbonyl (C=O) groups is 1. The third-order valence-corrected chi connectivity index (χ3v) is 4.31. The molecule has 1 N–H and O–H groups in total. The second-order valence-corrected chi connectivity index (χ2v) is 5.85. The van der Waals surface area contributed by atoms with Crippen molar-refractivity contribution in [1.29, 1.82) is 0 Å². The molecule has 2 heterocycles.